The Kier molecular flexibility index (Phi) is 6.19. The molecular weight excluding hydrogens is 412 g/mol. The van der Waals surface area contributed by atoms with Crippen LogP contribution in [0.2, 0.25) is 0 Å². The summed E-state index contributed by atoms with van der Waals surface area (Å²) in [5.41, 5.74) is 1.66. The number of nitrogens with zero attached hydrogens (tertiary/aromatic N) is 4. The summed E-state index contributed by atoms with van der Waals surface area (Å²) < 4.78 is 56.1. The molecule has 2 heterocycles. The van der Waals surface area contributed by atoms with Crippen molar-refractivity contribution in [3.05, 3.63) is 41.7 Å². The average molecular weight is 441 g/mol. The fourth-order valence-electron chi connectivity index (χ4n) is 3.46. The third kappa shape index (κ3) is 4.11. The molecule has 1 aliphatic heterocycles. The van der Waals surface area contributed by atoms with E-state index < -0.39 is 20.0 Å². The van der Waals surface area contributed by atoms with E-state index in [0.717, 1.165) is 5.56 Å². The summed E-state index contributed by atoms with van der Waals surface area (Å²) >= 11 is 0. The second-order valence-corrected chi connectivity index (χ2v) is 11.3. The lowest BCUT2D eigenvalue weighted by atomic mass is 10.0. The normalized spacial score (nSPS) is 17.1. The SMILES string of the molecule is CCn1ncc(S(=O)(=O)N2CCN(S(=O)(=O)c3ccc(C(C)C)cc3)CC2)c1C. The van der Waals surface area contributed by atoms with Crippen molar-refractivity contribution in [2.45, 2.75) is 49.9 Å². The highest BCUT2D eigenvalue weighted by Crippen LogP contribution is 2.24. The number of benzene rings is 1. The summed E-state index contributed by atoms with van der Waals surface area (Å²) in [6.07, 6.45) is 1.37. The average Bonchev–Trinajstić information content (AvgIpc) is 3.09. The zero-order valence-corrected chi connectivity index (χ0v) is 18.9. The molecule has 10 heteroatoms. The van der Waals surface area contributed by atoms with Crippen LogP contribution in [-0.4, -0.2) is 61.4 Å². The highest BCUT2D eigenvalue weighted by molar-refractivity contribution is 7.89. The number of hydrogen-bond acceptors (Lipinski definition) is 5. The van der Waals surface area contributed by atoms with Crippen molar-refractivity contribution in [3.8, 4) is 0 Å². The maximum Gasteiger partial charge on any atom is 0.246 e. The van der Waals surface area contributed by atoms with Crippen molar-refractivity contribution >= 4 is 20.0 Å². The number of aromatic nitrogens is 2. The van der Waals surface area contributed by atoms with Gasteiger partial charge in [-0.05, 0) is 37.5 Å². The van der Waals surface area contributed by atoms with Crippen molar-refractivity contribution in [2.24, 2.45) is 0 Å². The van der Waals surface area contributed by atoms with Gasteiger partial charge in [0.05, 0.1) is 16.8 Å². The first-order chi connectivity index (χ1) is 13.6. The van der Waals surface area contributed by atoms with Crippen LogP contribution >= 0.6 is 0 Å². The predicted molar refractivity (Wildman–Crippen MR) is 111 cm³/mol. The summed E-state index contributed by atoms with van der Waals surface area (Å²) in [7, 11) is -7.35. The third-order valence-electron chi connectivity index (χ3n) is 5.36. The molecule has 2 aromatic rings. The molecule has 0 unspecified atom stereocenters. The Morgan fingerprint density at radius 3 is 1.90 bits per heavy atom. The topological polar surface area (TPSA) is 92.6 Å². The van der Waals surface area contributed by atoms with Crippen molar-refractivity contribution in [1.82, 2.24) is 18.4 Å². The van der Waals surface area contributed by atoms with Crippen LogP contribution in [0.3, 0.4) is 0 Å². The van der Waals surface area contributed by atoms with Crippen LogP contribution in [0, 0.1) is 6.92 Å². The molecule has 1 saturated heterocycles. The maximum absolute atomic E-state index is 13.0. The number of hydrogen-bond donors (Lipinski definition) is 0. The van der Waals surface area contributed by atoms with Crippen molar-refractivity contribution < 1.29 is 16.8 Å². The molecule has 0 saturated carbocycles. The minimum absolute atomic E-state index is 0.113. The first-order valence-corrected chi connectivity index (χ1v) is 12.6. The molecule has 8 nitrogen and oxygen atoms in total. The largest absolute Gasteiger partial charge is 0.269 e. The molecule has 0 atom stereocenters. The fourth-order valence-corrected chi connectivity index (χ4v) is 6.47. The zero-order chi connectivity index (χ0) is 21.4. The number of sulfonamides is 2. The third-order valence-corrected chi connectivity index (χ3v) is 9.27. The Morgan fingerprint density at radius 2 is 1.45 bits per heavy atom. The minimum atomic E-state index is -3.70. The summed E-state index contributed by atoms with van der Waals surface area (Å²) in [6, 6.07) is 6.89. The Balaban J connectivity index is 1.74. The van der Waals surface area contributed by atoms with E-state index >= 15 is 0 Å². The van der Waals surface area contributed by atoms with E-state index in [2.05, 4.69) is 18.9 Å². The highest BCUT2D eigenvalue weighted by atomic mass is 32.2. The first-order valence-electron chi connectivity index (χ1n) is 9.71. The van der Waals surface area contributed by atoms with Gasteiger partial charge in [-0.15, -0.1) is 0 Å². The van der Waals surface area contributed by atoms with E-state index in [0.29, 0.717) is 18.2 Å². The van der Waals surface area contributed by atoms with Crippen LogP contribution < -0.4 is 0 Å². The second kappa shape index (κ2) is 8.17. The van der Waals surface area contributed by atoms with E-state index in [4.69, 9.17) is 0 Å². The molecule has 0 bridgehead atoms. The van der Waals surface area contributed by atoms with Crippen LogP contribution in [0.1, 0.15) is 37.9 Å². The predicted octanol–water partition coefficient (Wildman–Crippen LogP) is 2.03. The van der Waals surface area contributed by atoms with E-state index in [1.807, 2.05) is 19.1 Å². The Bertz CT molecular complexity index is 1070. The number of piperazine rings is 1. The minimum Gasteiger partial charge on any atom is -0.269 e. The van der Waals surface area contributed by atoms with Gasteiger partial charge in [0.15, 0.2) is 0 Å². The molecule has 1 aliphatic rings. The quantitative estimate of drug-likeness (QED) is 0.685. The summed E-state index contributed by atoms with van der Waals surface area (Å²) in [5, 5.41) is 4.11. The van der Waals surface area contributed by atoms with Crippen LogP contribution in [0.25, 0.3) is 0 Å². The van der Waals surface area contributed by atoms with Gasteiger partial charge in [0.1, 0.15) is 4.90 Å². The van der Waals surface area contributed by atoms with Gasteiger partial charge >= 0.3 is 0 Å². The number of aryl methyl sites for hydroxylation is 1. The summed E-state index contributed by atoms with van der Waals surface area (Å²) in [4.78, 5) is 0.415. The van der Waals surface area contributed by atoms with Gasteiger partial charge in [-0.25, -0.2) is 16.8 Å². The molecule has 29 heavy (non-hydrogen) atoms. The van der Waals surface area contributed by atoms with Crippen molar-refractivity contribution in [1.29, 1.82) is 0 Å². The zero-order valence-electron chi connectivity index (χ0n) is 17.2. The van der Waals surface area contributed by atoms with E-state index in [1.165, 1.54) is 14.8 Å². The molecule has 0 spiro atoms. The monoisotopic (exact) mass is 440 g/mol. The van der Waals surface area contributed by atoms with Gasteiger partial charge in [0.2, 0.25) is 20.0 Å². The van der Waals surface area contributed by atoms with Gasteiger partial charge in [0.25, 0.3) is 0 Å². The second-order valence-electron chi connectivity index (χ2n) is 7.44. The molecular formula is C19H28N4O4S2. The smallest absolute Gasteiger partial charge is 0.246 e. The Hall–Kier alpha value is -1.75. The van der Waals surface area contributed by atoms with E-state index in [1.54, 1.807) is 23.7 Å². The lowest BCUT2D eigenvalue weighted by molar-refractivity contribution is 0.272. The molecule has 0 N–H and O–H groups in total. The van der Waals surface area contributed by atoms with Gasteiger partial charge in [-0.2, -0.15) is 13.7 Å². The maximum atomic E-state index is 13.0. The van der Waals surface area contributed by atoms with Crippen LogP contribution in [0.15, 0.2) is 40.3 Å². The van der Waals surface area contributed by atoms with Gasteiger partial charge in [-0.1, -0.05) is 26.0 Å². The lowest BCUT2D eigenvalue weighted by Gasteiger charge is -2.33. The summed E-state index contributed by atoms with van der Waals surface area (Å²) in [6.45, 7) is 8.78. The molecule has 0 aliphatic carbocycles. The first kappa shape index (κ1) is 21.9. The molecule has 1 aromatic heterocycles. The lowest BCUT2D eigenvalue weighted by Crippen LogP contribution is -2.50. The molecule has 1 fully saturated rings. The Labute approximate surface area is 173 Å². The fraction of sp³-hybridized carbons (Fsp3) is 0.526. The summed E-state index contributed by atoms with van der Waals surface area (Å²) in [5.74, 6) is 0.320. The van der Waals surface area contributed by atoms with E-state index in [9.17, 15) is 16.8 Å². The standard InChI is InChI=1S/C19H28N4O4S2/c1-5-23-16(4)19(14-20-23)29(26,27)22-12-10-21(11-13-22)28(24,25)18-8-6-17(7-9-18)15(2)3/h6-9,14-15H,5,10-13H2,1-4H3. The Morgan fingerprint density at radius 1 is 0.931 bits per heavy atom. The molecule has 160 valence electrons. The van der Waals surface area contributed by atoms with Crippen LogP contribution in [0.5, 0.6) is 0 Å². The molecule has 0 amide bonds. The molecule has 0 radical (unpaired) electrons. The van der Waals surface area contributed by atoms with Gasteiger partial charge in [-0.3, -0.25) is 4.68 Å². The van der Waals surface area contributed by atoms with Crippen LogP contribution in [0.4, 0.5) is 0 Å². The van der Waals surface area contributed by atoms with Gasteiger partial charge < -0.3 is 0 Å². The van der Waals surface area contributed by atoms with Crippen molar-refractivity contribution in [3.63, 3.8) is 0 Å². The van der Waals surface area contributed by atoms with Crippen molar-refractivity contribution in [2.75, 3.05) is 26.2 Å². The number of rotatable bonds is 6. The molecule has 1 aromatic carbocycles. The van der Waals surface area contributed by atoms with Crippen LogP contribution in [-0.2, 0) is 26.6 Å². The molecule has 3 rings (SSSR count). The van der Waals surface area contributed by atoms with Gasteiger partial charge in [0, 0.05) is 32.7 Å². The highest BCUT2D eigenvalue weighted by Gasteiger charge is 2.35. The van der Waals surface area contributed by atoms with E-state index in [-0.39, 0.29) is 36.0 Å².